The molecule has 0 fully saturated rings. The largest absolute Gasteiger partial charge is 0.330 e. The molecule has 11 N–H and O–H groups in total. The Kier molecular flexibility index (Phi) is 16.7. The number of nitrogens with two attached hydrogens (primary N) is 3. The molecule has 0 aliphatic carbocycles. The summed E-state index contributed by atoms with van der Waals surface area (Å²) in [4.78, 5) is 54.8. The molecule has 0 saturated carbocycles. The lowest BCUT2D eigenvalue weighted by Gasteiger charge is -2.24. The first-order chi connectivity index (χ1) is 25.5. The van der Waals surface area contributed by atoms with Gasteiger partial charge in [0, 0.05) is 48.6 Å². The number of carbonyl (C=O) groups excluding carboxylic acids is 4. The zero-order valence-corrected chi connectivity index (χ0v) is 33.9. The number of hydrogen-bond acceptors (Lipinski definition) is 10. The molecule has 4 amide bonds. The van der Waals surface area contributed by atoms with Crippen LogP contribution in [0, 0.1) is 5.41 Å². The highest BCUT2D eigenvalue weighted by atomic mass is 32.2. The molecule has 0 bridgehead atoms. The van der Waals surface area contributed by atoms with E-state index in [0.717, 1.165) is 11.1 Å². The Morgan fingerprint density at radius 3 is 1.41 bits per heavy atom. The molecule has 3 aromatic carbocycles. The summed E-state index contributed by atoms with van der Waals surface area (Å²) in [5, 5.41) is 19.4. The van der Waals surface area contributed by atoms with Gasteiger partial charge in [0.25, 0.3) is 11.8 Å². The minimum absolute atomic E-state index is 0.152. The van der Waals surface area contributed by atoms with Crippen LogP contribution in [0.25, 0.3) is 0 Å². The van der Waals surface area contributed by atoms with E-state index in [9.17, 15) is 19.2 Å². The monoisotopic (exact) mass is 776 g/mol. The lowest BCUT2D eigenvalue weighted by molar-refractivity contribution is -0.117. The highest BCUT2D eigenvalue weighted by molar-refractivity contribution is 7.99. The Morgan fingerprint density at radius 1 is 0.630 bits per heavy atom. The maximum Gasteiger partial charge on any atom is 0.255 e. The van der Waals surface area contributed by atoms with Crippen LogP contribution in [0.5, 0.6) is 0 Å². The molecule has 0 heterocycles. The zero-order chi connectivity index (χ0) is 40.1. The number of thioether (sulfide) groups is 2. The summed E-state index contributed by atoms with van der Waals surface area (Å²) in [5.74, 6) is -0.202. The van der Waals surface area contributed by atoms with Gasteiger partial charge < -0.3 is 43.9 Å². The average Bonchev–Trinajstić information content (AvgIpc) is 3.11. The van der Waals surface area contributed by atoms with Crippen molar-refractivity contribution in [3.05, 3.63) is 70.8 Å². The van der Waals surface area contributed by atoms with Gasteiger partial charge in [-0.3, -0.25) is 19.2 Å². The van der Waals surface area contributed by atoms with Crippen molar-refractivity contribution < 1.29 is 19.2 Å². The van der Waals surface area contributed by atoms with Gasteiger partial charge in [0.05, 0.1) is 32.5 Å². The fraction of sp³-hybridized carbons (Fsp3) is 0.425. The molecule has 0 radical (unpaired) electrons. The molecule has 54 heavy (non-hydrogen) atoms. The van der Waals surface area contributed by atoms with Crippen LogP contribution in [0.15, 0.2) is 58.3 Å². The molecule has 0 saturated heterocycles. The summed E-state index contributed by atoms with van der Waals surface area (Å²) in [6, 6.07) is 14.1. The van der Waals surface area contributed by atoms with Crippen LogP contribution >= 0.6 is 23.5 Å². The minimum Gasteiger partial charge on any atom is -0.330 e. The van der Waals surface area contributed by atoms with Crippen LogP contribution < -0.4 is 38.5 Å². The van der Waals surface area contributed by atoms with Gasteiger partial charge in [0.2, 0.25) is 11.8 Å². The summed E-state index contributed by atoms with van der Waals surface area (Å²) < 4.78 is 0. The number of anilines is 4. The summed E-state index contributed by atoms with van der Waals surface area (Å²) in [5.41, 5.74) is 21.2. The molecular weight excluding hydrogens is 721 g/mol. The quantitative estimate of drug-likeness (QED) is 0.0495. The van der Waals surface area contributed by atoms with Crippen molar-refractivity contribution >= 4 is 76.1 Å². The second kappa shape index (κ2) is 20.5. The Hall–Kier alpha value is -4.21. The lowest BCUT2D eigenvalue weighted by Crippen LogP contribution is -2.20. The summed E-state index contributed by atoms with van der Waals surface area (Å²) in [6.45, 7) is 13.4. The highest BCUT2D eigenvalue weighted by Crippen LogP contribution is 2.41. The van der Waals surface area contributed by atoms with E-state index >= 15 is 0 Å². The average molecular weight is 777 g/mol. The van der Waals surface area contributed by atoms with E-state index < -0.39 is 11.8 Å². The molecule has 14 heteroatoms. The van der Waals surface area contributed by atoms with E-state index in [1.165, 1.54) is 35.8 Å². The third kappa shape index (κ3) is 13.0. The van der Waals surface area contributed by atoms with Gasteiger partial charge in [0.1, 0.15) is 0 Å². The first kappa shape index (κ1) is 44.2. The number of benzene rings is 3. The molecule has 0 aliphatic rings. The second-order valence-corrected chi connectivity index (χ2v) is 17.0. The number of rotatable bonds is 18. The van der Waals surface area contributed by atoms with Gasteiger partial charge in [-0.25, -0.2) is 0 Å². The van der Waals surface area contributed by atoms with Gasteiger partial charge in [-0.05, 0) is 90.0 Å². The molecule has 0 aliphatic heterocycles. The summed E-state index contributed by atoms with van der Waals surface area (Å²) in [7, 11) is 0. The van der Waals surface area contributed by atoms with Crippen molar-refractivity contribution in [1.29, 1.82) is 5.41 Å². The first-order valence-corrected chi connectivity index (χ1v) is 20.0. The van der Waals surface area contributed by atoms with Gasteiger partial charge in [-0.1, -0.05) is 47.6 Å². The van der Waals surface area contributed by atoms with E-state index in [4.69, 9.17) is 22.6 Å². The van der Waals surface area contributed by atoms with Gasteiger partial charge >= 0.3 is 0 Å². The molecule has 3 aromatic rings. The maximum atomic E-state index is 13.9. The standard InChI is InChI=1S/C40H56N8O4S2/c1-39(2,3)27-21-29(45-33(49)12-8-14-41)35(53-18-16-43)31(23-27)47-37(51)25-10-7-11-26(20-25)38(52)48-32-24-28(40(4,5)6)22-30(36(32)54-19-17-44)46-34(50)13-9-15-42/h7,10-11,14,20-24,41H,8-9,12-13,15-19,42-44H2,1-6H3,(H,45,49)(H,46,50)(H,47,51)(H,48,52). The third-order valence-corrected chi connectivity index (χ3v) is 10.5. The Bertz CT molecular complexity index is 1820. The summed E-state index contributed by atoms with van der Waals surface area (Å²) in [6.07, 6.45) is 2.47. The zero-order valence-electron chi connectivity index (χ0n) is 32.2. The lowest BCUT2D eigenvalue weighted by atomic mass is 9.86. The van der Waals surface area contributed by atoms with E-state index in [1.54, 1.807) is 18.2 Å². The molecular formula is C40H56N8O4S2. The molecule has 0 spiro atoms. The Balaban J connectivity index is 2.02. The molecule has 0 unspecified atom stereocenters. The predicted molar refractivity (Wildman–Crippen MR) is 226 cm³/mol. The van der Waals surface area contributed by atoms with E-state index in [1.807, 2.05) is 45.0 Å². The number of amides is 4. The van der Waals surface area contributed by atoms with Gasteiger partial charge in [-0.2, -0.15) is 0 Å². The van der Waals surface area contributed by atoms with Crippen LogP contribution in [0.2, 0.25) is 0 Å². The number of nitrogens with one attached hydrogen (secondary N) is 5. The van der Waals surface area contributed by atoms with Crippen molar-refractivity contribution in [2.24, 2.45) is 17.2 Å². The fourth-order valence-corrected chi connectivity index (χ4v) is 6.92. The second-order valence-electron chi connectivity index (χ2n) is 14.8. The number of hydrogen-bond donors (Lipinski definition) is 8. The number of carbonyl (C=O) groups is 4. The van der Waals surface area contributed by atoms with Crippen molar-refractivity contribution in [3.8, 4) is 0 Å². The molecule has 12 nitrogen and oxygen atoms in total. The molecule has 0 aromatic heterocycles. The Labute approximate surface area is 327 Å². The summed E-state index contributed by atoms with van der Waals surface area (Å²) >= 11 is 2.85. The third-order valence-electron chi connectivity index (χ3n) is 8.19. The van der Waals surface area contributed by atoms with E-state index in [0.29, 0.717) is 76.5 Å². The first-order valence-electron chi connectivity index (χ1n) is 18.1. The normalized spacial score (nSPS) is 11.5. The Morgan fingerprint density at radius 2 is 1.04 bits per heavy atom. The fourth-order valence-electron chi connectivity index (χ4n) is 5.21. The van der Waals surface area contributed by atoms with Crippen LogP contribution in [0.1, 0.15) is 99.1 Å². The van der Waals surface area contributed by atoms with E-state index in [2.05, 4.69) is 42.0 Å². The SMILES string of the molecule is CC(C)(C)c1cc(NC(=O)CCC=N)c(SCCN)c(NC(=O)c2cccc(C(=O)Nc3cc(C(C)(C)C)cc(NC(=O)CCCN)c3SCCN)c2)c1. The van der Waals surface area contributed by atoms with Gasteiger partial charge in [-0.15, -0.1) is 23.5 Å². The maximum absolute atomic E-state index is 13.9. The smallest absolute Gasteiger partial charge is 0.255 e. The topological polar surface area (TPSA) is 218 Å². The van der Waals surface area contributed by atoms with Crippen molar-refractivity contribution in [2.75, 3.05) is 52.4 Å². The minimum atomic E-state index is -0.442. The van der Waals surface area contributed by atoms with E-state index in [-0.39, 0.29) is 46.6 Å². The van der Waals surface area contributed by atoms with Crippen molar-refractivity contribution in [2.45, 2.75) is 87.8 Å². The van der Waals surface area contributed by atoms with Crippen molar-refractivity contribution in [3.63, 3.8) is 0 Å². The molecule has 0 atom stereocenters. The molecule has 3 rings (SSSR count). The van der Waals surface area contributed by atoms with Crippen LogP contribution in [0.3, 0.4) is 0 Å². The van der Waals surface area contributed by atoms with Crippen LogP contribution in [0.4, 0.5) is 22.7 Å². The van der Waals surface area contributed by atoms with Gasteiger partial charge in [0.15, 0.2) is 0 Å². The van der Waals surface area contributed by atoms with Crippen LogP contribution in [-0.2, 0) is 20.4 Å². The van der Waals surface area contributed by atoms with Crippen LogP contribution in [-0.4, -0.2) is 61.0 Å². The predicted octanol–water partition coefficient (Wildman–Crippen LogP) is 6.93. The van der Waals surface area contributed by atoms with Crippen molar-refractivity contribution in [1.82, 2.24) is 0 Å². The molecule has 292 valence electrons. The highest BCUT2D eigenvalue weighted by Gasteiger charge is 2.24.